The van der Waals surface area contributed by atoms with Gasteiger partial charge in [-0.3, -0.25) is 4.90 Å². The molecule has 0 aliphatic carbocycles. The van der Waals surface area contributed by atoms with Crippen LogP contribution in [0.5, 0.6) is 0 Å². The number of benzene rings is 1. The monoisotopic (exact) mass is 249 g/mol. The summed E-state index contributed by atoms with van der Waals surface area (Å²) in [6, 6.07) is 5.68. The molecule has 2 nitrogen and oxygen atoms in total. The third kappa shape index (κ3) is 4.30. The van der Waals surface area contributed by atoms with Crippen LogP contribution in [-0.4, -0.2) is 31.6 Å². The third-order valence-electron chi connectivity index (χ3n) is 2.63. The van der Waals surface area contributed by atoms with E-state index in [0.29, 0.717) is 5.02 Å². The molecule has 92 valence electrons. The third-order valence-corrected chi connectivity index (χ3v) is 2.94. The number of rotatable bonds is 4. The fourth-order valence-corrected chi connectivity index (χ4v) is 1.66. The minimum absolute atomic E-state index is 0.667. The van der Waals surface area contributed by atoms with E-state index in [9.17, 15) is 0 Å². The fourth-order valence-electron chi connectivity index (χ4n) is 1.44. The second-order valence-electron chi connectivity index (χ2n) is 3.65. The van der Waals surface area contributed by atoms with Crippen molar-refractivity contribution in [2.45, 2.75) is 13.8 Å². The van der Waals surface area contributed by atoms with Gasteiger partial charge < -0.3 is 5.32 Å². The average molecular weight is 250 g/mol. The highest BCUT2D eigenvalue weighted by Gasteiger charge is 1.96. The molecule has 0 heterocycles. The molecule has 0 aliphatic rings. The predicted octanol–water partition coefficient (Wildman–Crippen LogP) is 3.67. The van der Waals surface area contributed by atoms with Gasteiger partial charge in [-0.1, -0.05) is 49.4 Å². The van der Waals surface area contributed by atoms with Gasteiger partial charge >= 0.3 is 0 Å². The standard InChI is InChI=1S/C14H18ClN2/c1-4-17(5-2)10-6-7-12-8-9-13(16-3)11-14(12)15/h8-9,11H,4-5,10H2,1-3H3/q-1. The molecule has 1 aromatic carbocycles. The lowest BCUT2D eigenvalue weighted by Gasteiger charge is -2.14. The van der Waals surface area contributed by atoms with Gasteiger partial charge in [-0.05, 0) is 19.2 Å². The normalized spacial score (nSPS) is 9.94. The van der Waals surface area contributed by atoms with Crippen LogP contribution in [-0.2, 0) is 0 Å². The molecule has 1 rings (SSSR count). The lowest BCUT2D eigenvalue weighted by molar-refractivity contribution is 0.342. The maximum Gasteiger partial charge on any atom is 0.0605 e. The minimum Gasteiger partial charge on any atom is -0.687 e. The zero-order chi connectivity index (χ0) is 12.7. The molecule has 17 heavy (non-hydrogen) atoms. The van der Waals surface area contributed by atoms with Gasteiger partial charge in [-0.25, -0.2) is 0 Å². The molecule has 0 aromatic heterocycles. The van der Waals surface area contributed by atoms with Gasteiger partial charge in [0.05, 0.1) is 11.6 Å². The van der Waals surface area contributed by atoms with E-state index in [1.165, 1.54) is 0 Å². The topological polar surface area (TPSA) is 17.3 Å². The Bertz CT molecular complexity index is 414. The smallest absolute Gasteiger partial charge is 0.0605 e. The highest BCUT2D eigenvalue weighted by atomic mass is 35.5. The summed E-state index contributed by atoms with van der Waals surface area (Å²) in [5.41, 5.74) is 1.75. The first-order valence-electron chi connectivity index (χ1n) is 5.81. The Morgan fingerprint density at radius 1 is 1.29 bits per heavy atom. The SMILES string of the molecule is CCN(CC)CC#Cc1ccc([N-]C)cc1Cl. The molecule has 1 aromatic rings. The number of hydrogen-bond donors (Lipinski definition) is 0. The Kier molecular flexibility index (Phi) is 5.90. The summed E-state index contributed by atoms with van der Waals surface area (Å²) in [5.74, 6) is 6.24. The lowest BCUT2D eigenvalue weighted by atomic mass is 10.2. The summed E-state index contributed by atoms with van der Waals surface area (Å²) < 4.78 is 0. The van der Waals surface area contributed by atoms with Crippen LogP contribution in [0.1, 0.15) is 19.4 Å². The van der Waals surface area contributed by atoms with Gasteiger partial charge in [0.2, 0.25) is 0 Å². The van der Waals surface area contributed by atoms with Gasteiger partial charge in [0.25, 0.3) is 0 Å². The zero-order valence-corrected chi connectivity index (χ0v) is 11.4. The van der Waals surface area contributed by atoms with Gasteiger partial charge in [-0.15, -0.1) is 12.7 Å². The second-order valence-corrected chi connectivity index (χ2v) is 4.06. The van der Waals surface area contributed by atoms with Crippen molar-refractivity contribution in [3.63, 3.8) is 0 Å². The molecule has 0 bridgehead atoms. The molecule has 0 saturated heterocycles. The molecular weight excluding hydrogens is 232 g/mol. The highest BCUT2D eigenvalue weighted by molar-refractivity contribution is 6.32. The van der Waals surface area contributed by atoms with E-state index in [4.69, 9.17) is 11.6 Å². The van der Waals surface area contributed by atoms with E-state index in [1.54, 1.807) is 7.05 Å². The van der Waals surface area contributed by atoms with Crippen molar-refractivity contribution in [1.82, 2.24) is 4.90 Å². The van der Waals surface area contributed by atoms with E-state index >= 15 is 0 Å². The number of halogens is 1. The van der Waals surface area contributed by atoms with Crippen LogP contribution in [0.15, 0.2) is 18.2 Å². The van der Waals surface area contributed by atoms with Crippen molar-refractivity contribution in [2.24, 2.45) is 0 Å². The van der Waals surface area contributed by atoms with Crippen molar-refractivity contribution in [2.75, 3.05) is 26.7 Å². The van der Waals surface area contributed by atoms with Gasteiger partial charge in [0.1, 0.15) is 0 Å². The van der Waals surface area contributed by atoms with Crippen molar-refractivity contribution in [3.8, 4) is 11.8 Å². The van der Waals surface area contributed by atoms with E-state index in [1.807, 2.05) is 18.2 Å². The minimum atomic E-state index is 0.667. The van der Waals surface area contributed by atoms with Crippen molar-refractivity contribution < 1.29 is 0 Å². The van der Waals surface area contributed by atoms with Crippen LogP contribution in [0, 0.1) is 11.8 Å². The Morgan fingerprint density at radius 3 is 2.53 bits per heavy atom. The largest absolute Gasteiger partial charge is 0.687 e. The quantitative estimate of drug-likeness (QED) is 0.745. The molecule has 0 amide bonds. The summed E-state index contributed by atoms with van der Waals surface area (Å²) in [5, 5.41) is 4.73. The summed E-state index contributed by atoms with van der Waals surface area (Å²) in [7, 11) is 1.75. The summed E-state index contributed by atoms with van der Waals surface area (Å²) in [4.78, 5) is 2.26. The number of nitrogens with zero attached hydrogens (tertiary/aromatic N) is 2. The predicted molar refractivity (Wildman–Crippen MR) is 75.1 cm³/mol. The molecule has 0 fully saturated rings. The van der Waals surface area contributed by atoms with Gasteiger partial charge in [0.15, 0.2) is 0 Å². The van der Waals surface area contributed by atoms with Gasteiger partial charge in [-0.2, -0.15) is 0 Å². The highest BCUT2D eigenvalue weighted by Crippen LogP contribution is 2.23. The first kappa shape index (κ1) is 13.9. The summed E-state index contributed by atoms with van der Waals surface area (Å²) >= 11 is 6.12. The van der Waals surface area contributed by atoms with E-state index in [0.717, 1.165) is 30.9 Å². The molecule has 0 spiro atoms. The number of hydrogen-bond acceptors (Lipinski definition) is 1. The second kappa shape index (κ2) is 7.21. The molecule has 3 heteroatoms. The van der Waals surface area contributed by atoms with Crippen LogP contribution in [0.4, 0.5) is 5.69 Å². The van der Waals surface area contributed by atoms with Crippen molar-refractivity contribution >= 4 is 17.3 Å². The molecule has 0 saturated carbocycles. The first-order chi connectivity index (χ1) is 8.21. The van der Waals surface area contributed by atoms with Crippen LogP contribution in [0.25, 0.3) is 5.32 Å². The van der Waals surface area contributed by atoms with Crippen LogP contribution in [0.2, 0.25) is 5.02 Å². The van der Waals surface area contributed by atoms with Gasteiger partial charge in [0, 0.05) is 5.56 Å². The molecule has 0 N–H and O–H groups in total. The van der Waals surface area contributed by atoms with E-state index < -0.39 is 0 Å². The molecule has 0 atom stereocenters. The molecular formula is C14H18ClN2-. The fraction of sp³-hybridized carbons (Fsp3) is 0.429. The molecule has 0 radical (unpaired) electrons. The Hall–Kier alpha value is -1.17. The van der Waals surface area contributed by atoms with Crippen molar-refractivity contribution in [1.29, 1.82) is 0 Å². The average Bonchev–Trinajstić information content (AvgIpc) is 2.36. The summed E-state index contributed by atoms with van der Waals surface area (Å²) in [6.45, 7) is 7.09. The van der Waals surface area contributed by atoms with Crippen molar-refractivity contribution in [3.05, 3.63) is 34.1 Å². The van der Waals surface area contributed by atoms with E-state index in [-0.39, 0.29) is 0 Å². The molecule has 0 aliphatic heterocycles. The molecule has 0 unspecified atom stereocenters. The maximum absolute atomic E-state index is 6.12. The maximum atomic E-state index is 6.12. The Balaban J connectivity index is 2.72. The van der Waals surface area contributed by atoms with Crippen LogP contribution in [0.3, 0.4) is 0 Å². The first-order valence-corrected chi connectivity index (χ1v) is 6.19. The van der Waals surface area contributed by atoms with E-state index in [2.05, 4.69) is 35.9 Å². The Labute approximate surface area is 109 Å². The lowest BCUT2D eigenvalue weighted by Crippen LogP contribution is -2.22. The zero-order valence-electron chi connectivity index (χ0n) is 10.6. The summed E-state index contributed by atoms with van der Waals surface area (Å²) in [6.07, 6.45) is 0. The van der Waals surface area contributed by atoms with Crippen LogP contribution < -0.4 is 0 Å². The Morgan fingerprint density at radius 2 is 2.00 bits per heavy atom. The van der Waals surface area contributed by atoms with Crippen LogP contribution >= 0.6 is 11.6 Å².